The van der Waals surface area contributed by atoms with E-state index in [-0.39, 0.29) is 17.2 Å². The molecule has 0 saturated carbocycles. The second-order valence-electron chi connectivity index (χ2n) is 6.64. The molecule has 0 atom stereocenters. The first-order valence-corrected chi connectivity index (χ1v) is 9.63. The smallest absolute Gasteiger partial charge is 0.457 e. The Bertz CT molecular complexity index is 1210. The first kappa shape index (κ1) is 24.2. The van der Waals surface area contributed by atoms with Crippen LogP contribution < -0.4 is 20.1 Å². The molecule has 176 valence electrons. The Morgan fingerprint density at radius 2 is 1.74 bits per heavy atom. The van der Waals surface area contributed by atoms with E-state index in [0.717, 1.165) is 18.2 Å². The number of aromatic nitrogens is 1. The van der Waals surface area contributed by atoms with Gasteiger partial charge in [0.15, 0.2) is 11.6 Å². The number of ether oxygens (including phenoxy) is 2. The van der Waals surface area contributed by atoms with E-state index in [1.165, 1.54) is 31.5 Å². The van der Waals surface area contributed by atoms with Crippen molar-refractivity contribution in [3.05, 3.63) is 83.9 Å². The van der Waals surface area contributed by atoms with Crippen molar-refractivity contribution in [1.29, 1.82) is 0 Å². The second kappa shape index (κ2) is 10.5. The normalized spacial score (nSPS) is 11.2. The molecule has 2 amide bonds. The number of nitrogens with zero attached hydrogens (tertiary/aromatic N) is 1. The highest BCUT2D eigenvalue weighted by molar-refractivity contribution is 6.02. The van der Waals surface area contributed by atoms with Crippen molar-refractivity contribution in [2.24, 2.45) is 0 Å². The highest BCUT2D eigenvalue weighted by atomic mass is 19.4. The van der Waals surface area contributed by atoms with Crippen LogP contribution in [0.3, 0.4) is 0 Å². The van der Waals surface area contributed by atoms with Gasteiger partial charge in [-0.15, -0.1) is 13.2 Å². The number of amides is 2. The Morgan fingerprint density at radius 1 is 1.00 bits per heavy atom. The monoisotopic (exact) mass is 475 g/mol. The number of alkyl halides is 3. The quantitative estimate of drug-likeness (QED) is 0.374. The van der Waals surface area contributed by atoms with Gasteiger partial charge >= 0.3 is 6.36 Å². The van der Waals surface area contributed by atoms with Gasteiger partial charge in [-0.2, -0.15) is 0 Å². The summed E-state index contributed by atoms with van der Waals surface area (Å²) < 4.78 is 59.7. The van der Waals surface area contributed by atoms with Crippen LogP contribution in [0.5, 0.6) is 17.2 Å². The fraction of sp³-hybridized carbons (Fsp3) is 0.0870. The molecular weight excluding hydrogens is 458 g/mol. The number of nitrogens with one attached hydrogen (secondary N) is 2. The molecule has 0 aliphatic rings. The highest BCUT2D eigenvalue weighted by Gasteiger charge is 2.32. The van der Waals surface area contributed by atoms with Crippen molar-refractivity contribution in [3.8, 4) is 17.2 Å². The van der Waals surface area contributed by atoms with Gasteiger partial charge in [0, 0.05) is 31.1 Å². The Kier molecular flexibility index (Phi) is 7.46. The van der Waals surface area contributed by atoms with Crippen LogP contribution >= 0.6 is 0 Å². The minimum atomic E-state index is -5.04. The van der Waals surface area contributed by atoms with Gasteiger partial charge in [-0.1, -0.05) is 6.07 Å². The third kappa shape index (κ3) is 7.05. The molecule has 0 bridgehead atoms. The first-order chi connectivity index (χ1) is 16.1. The SMILES string of the molecule is CNC(=O)c1cc(Oc2ccc(NC(=O)C=Cc3ccc(F)c(OC(F)(F)F)c3)cc2)ccn1. The largest absolute Gasteiger partial charge is 0.573 e. The lowest BCUT2D eigenvalue weighted by Crippen LogP contribution is -2.18. The van der Waals surface area contributed by atoms with Gasteiger partial charge in [-0.3, -0.25) is 14.6 Å². The number of carbonyl (C=O) groups is 2. The number of halogens is 4. The van der Waals surface area contributed by atoms with Crippen molar-refractivity contribution < 1.29 is 36.6 Å². The van der Waals surface area contributed by atoms with Crippen LogP contribution in [0.25, 0.3) is 6.08 Å². The van der Waals surface area contributed by atoms with Crippen LogP contribution in [0.2, 0.25) is 0 Å². The minimum absolute atomic E-state index is 0.132. The summed E-state index contributed by atoms with van der Waals surface area (Å²) in [7, 11) is 1.49. The van der Waals surface area contributed by atoms with E-state index >= 15 is 0 Å². The van der Waals surface area contributed by atoms with Gasteiger partial charge in [-0.25, -0.2) is 4.39 Å². The van der Waals surface area contributed by atoms with E-state index in [1.54, 1.807) is 30.3 Å². The summed E-state index contributed by atoms with van der Waals surface area (Å²) >= 11 is 0. The van der Waals surface area contributed by atoms with Crippen molar-refractivity contribution in [1.82, 2.24) is 10.3 Å². The lowest BCUT2D eigenvalue weighted by molar-refractivity contribution is -0.275. The Morgan fingerprint density at radius 3 is 2.41 bits per heavy atom. The van der Waals surface area contributed by atoms with E-state index in [0.29, 0.717) is 17.2 Å². The molecule has 0 aliphatic carbocycles. The molecule has 0 fully saturated rings. The van der Waals surface area contributed by atoms with E-state index in [9.17, 15) is 27.2 Å². The zero-order chi connectivity index (χ0) is 24.7. The summed E-state index contributed by atoms with van der Waals surface area (Å²) in [5.74, 6) is -2.28. The molecule has 2 N–H and O–H groups in total. The molecule has 1 aromatic heterocycles. The summed E-state index contributed by atoms with van der Waals surface area (Å²) in [4.78, 5) is 27.7. The predicted molar refractivity (Wildman–Crippen MR) is 115 cm³/mol. The molecule has 1 heterocycles. The van der Waals surface area contributed by atoms with Crippen LogP contribution in [0.15, 0.2) is 66.9 Å². The first-order valence-electron chi connectivity index (χ1n) is 9.63. The predicted octanol–water partition coefficient (Wildman–Crippen LogP) is 4.92. The molecule has 3 rings (SSSR count). The number of anilines is 1. The maximum absolute atomic E-state index is 13.5. The fourth-order valence-corrected chi connectivity index (χ4v) is 2.65. The van der Waals surface area contributed by atoms with E-state index in [1.807, 2.05) is 0 Å². The molecule has 0 aliphatic heterocycles. The van der Waals surface area contributed by atoms with E-state index < -0.39 is 23.8 Å². The molecule has 0 radical (unpaired) electrons. The summed E-state index contributed by atoms with van der Waals surface area (Å²) in [6.07, 6.45) is -1.32. The molecule has 7 nitrogen and oxygen atoms in total. The third-order valence-corrected chi connectivity index (χ3v) is 4.16. The van der Waals surface area contributed by atoms with Gasteiger partial charge in [0.05, 0.1) is 0 Å². The molecule has 3 aromatic rings. The Hall–Kier alpha value is -4.41. The molecule has 34 heavy (non-hydrogen) atoms. The molecule has 11 heteroatoms. The van der Waals surface area contributed by atoms with Crippen molar-refractivity contribution in [2.45, 2.75) is 6.36 Å². The average Bonchev–Trinajstić information content (AvgIpc) is 2.79. The van der Waals surface area contributed by atoms with Crippen molar-refractivity contribution in [2.75, 3.05) is 12.4 Å². The van der Waals surface area contributed by atoms with Gasteiger partial charge in [-0.05, 0) is 54.1 Å². The number of benzene rings is 2. The fourth-order valence-electron chi connectivity index (χ4n) is 2.65. The van der Waals surface area contributed by atoms with Crippen LogP contribution in [0.1, 0.15) is 16.1 Å². The standard InChI is InChI=1S/C23H17F4N3O4/c1-28-22(32)19-13-17(10-11-29-19)33-16-6-4-15(5-7-16)30-21(31)9-3-14-2-8-18(24)20(12-14)34-23(25,26)27/h2-13H,1H3,(H,28,32)(H,30,31). The topological polar surface area (TPSA) is 89.6 Å². The summed E-state index contributed by atoms with van der Waals surface area (Å²) in [6.45, 7) is 0. The summed E-state index contributed by atoms with van der Waals surface area (Å²) in [6, 6.07) is 12.2. The lowest BCUT2D eigenvalue weighted by Gasteiger charge is -2.10. The molecule has 2 aromatic carbocycles. The van der Waals surface area contributed by atoms with E-state index in [4.69, 9.17) is 4.74 Å². The van der Waals surface area contributed by atoms with Gasteiger partial charge in [0.1, 0.15) is 17.2 Å². The lowest BCUT2D eigenvalue weighted by atomic mass is 10.2. The Labute approximate surface area is 191 Å². The molecule has 0 saturated heterocycles. The second-order valence-corrected chi connectivity index (χ2v) is 6.64. The van der Waals surface area contributed by atoms with Gasteiger partial charge < -0.3 is 20.1 Å². The van der Waals surface area contributed by atoms with Crippen LogP contribution in [0.4, 0.5) is 23.2 Å². The molecule has 0 spiro atoms. The number of hydrogen-bond donors (Lipinski definition) is 2. The number of carbonyl (C=O) groups excluding carboxylic acids is 2. The number of rotatable bonds is 7. The minimum Gasteiger partial charge on any atom is -0.457 e. The zero-order valence-electron chi connectivity index (χ0n) is 17.5. The van der Waals surface area contributed by atoms with Crippen molar-refractivity contribution >= 4 is 23.6 Å². The Balaban J connectivity index is 1.60. The number of hydrogen-bond acceptors (Lipinski definition) is 5. The van der Waals surface area contributed by atoms with Crippen LogP contribution in [-0.4, -0.2) is 30.2 Å². The summed E-state index contributed by atoms with van der Waals surface area (Å²) in [5, 5.41) is 5.03. The van der Waals surface area contributed by atoms with Gasteiger partial charge in [0.25, 0.3) is 5.91 Å². The maximum Gasteiger partial charge on any atom is 0.573 e. The zero-order valence-corrected chi connectivity index (χ0v) is 17.5. The van der Waals surface area contributed by atoms with Crippen LogP contribution in [0, 0.1) is 5.82 Å². The number of pyridine rings is 1. The van der Waals surface area contributed by atoms with Crippen LogP contribution in [-0.2, 0) is 4.79 Å². The van der Waals surface area contributed by atoms with Crippen molar-refractivity contribution in [3.63, 3.8) is 0 Å². The molecule has 0 unspecified atom stereocenters. The summed E-state index contributed by atoms with van der Waals surface area (Å²) in [5.41, 5.74) is 0.741. The molecular formula is C23H17F4N3O4. The average molecular weight is 475 g/mol. The maximum atomic E-state index is 13.5. The third-order valence-electron chi connectivity index (χ3n) is 4.16. The highest BCUT2D eigenvalue weighted by Crippen LogP contribution is 2.27. The van der Waals surface area contributed by atoms with Gasteiger partial charge in [0.2, 0.25) is 5.91 Å². The van der Waals surface area contributed by atoms with E-state index in [2.05, 4.69) is 20.4 Å².